The largest absolute Gasteiger partial charge is 0.481 e. The van der Waals surface area contributed by atoms with Crippen LogP contribution in [0.3, 0.4) is 0 Å². The number of alkyl carbamates (subject to hydrolysis) is 1. The Labute approximate surface area is 118 Å². The quantitative estimate of drug-likeness (QED) is 0.867. The van der Waals surface area contributed by atoms with E-state index in [0.29, 0.717) is 5.76 Å². The highest BCUT2D eigenvalue weighted by Crippen LogP contribution is 2.24. The number of rotatable bonds is 5. The summed E-state index contributed by atoms with van der Waals surface area (Å²) in [5.41, 5.74) is -0.600. The second kappa shape index (κ2) is 6.45. The Bertz CT molecular complexity index is 447. The van der Waals surface area contributed by atoms with E-state index in [0.717, 1.165) is 0 Å². The van der Waals surface area contributed by atoms with Crippen LogP contribution in [-0.4, -0.2) is 28.8 Å². The molecule has 6 heteroatoms. The summed E-state index contributed by atoms with van der Waals surface area (Å²) in [5.74, 6) is -0.879. The van der Waals surface area contributed by atoms with E-state index in [2.05, 4.69) is 5.32 Å². The number of carboxylic acids is 1. The maximum atomic E-state index is 11.7. The summed E-state index contributed by atoms with van der Waals surface area (Å²) >= 11 is 0. The predicted octanol–water partition coefficient (Wildman–Crippen LogP) is 2.75. The average molecular weight is 283 g/mol. The van der Waals surface area contributed by atoms with Gasteiger partial charge >= 0.3 is 12.1 Å². The van der Waals surface area contributed by atoms with Gasteiger partial charge in [0.25, 0.3) is 0 Å². The molecule has 1 amide bonds. The molecule has 20 heavy (non-hydrogen) atoms. The molecule has 0 saturated heterocycles. The highest BCUT2D eigenvalue weighted by molar-refractivity contribution is 5.70. The Morgan fingerprint density at radius 2 is 2.10 bits per heavy atom. The van der Waals surface area contributed by atoms with Crippen LogP contribution in [0, 0.1) is 0 Å². The molecule has 2 N–H and O–H groups in total. The number of aliphatic carboxylic acids is 1. The molecule has 0 radical (unpaired) electrons. The van der Waals surface area contributed by atoms with Gasteiger partial charge in [-0.3, -0.25) is 4.79 Å². The number of furan rings is 1. The standard InChI is InChI=1S/C14H21NO5/c1-9(15-13(18)20-14(2,3)4)10(8-12(16)17)11-6-5-7-19-11/h5-7,9-10H,8H2,1-4H3,(H,15,18)(H,16,17)/t9-,10-/m0/s1. The van der Waals surface area contributed by atoms with Gasteiger partial charge in [-0.1, -0.05) is 0 Å². The normalized spacial score (nSPS) is 14.4. The van der Waals surface area contributed by atoms with E-state index in [-0.39, 0.29) is 6.42 Å². The number of nitrogens with one attached hydrogen (secondary N) is 1. The molecule has 1 rings (SSSR count). The second-order valence-corrected chi connectivity index (χ2v) is 5.65. The lowest BCUT2D eigenvalue weighted by molar-refractivity contribution is -0.137. The van der Waals surface area contributed by atoms with E-state index in [9.17, 15) is 9.59 Å². The second-order valence-electron chi connectivity index (χ2n) is 5.65. The van der Waals surface area contributed by atoms with Crippen molar-refractivity contribution < 1.29 is 23.8 Å². The van der Waals surface area contributed by atoms with Crippen molar-refractivity contribution in [1.82, 2.24) is 5.32 Å². The minimum Gasteiger partial charge on any atom is -0.481 e. The first-order valence-electron chi connectivity index (χ1n) is 6.44. The van der Waals surface area contributed by atoms with Crippen LogP contribution in [0.4, 0.5) is 4.79 Å². The summed E-state index contributed by atoms with van der Waals surface area (Å²) < 4.78 is 10.4. The molecule has 6 nitrogen and oxygen atoms in total. The lowest BCUT2D eigenvalue weighted by Crippen LogP contribution is -2.41. The van der Waals surface area contributed by atoms with Gasteiger partial charge in [-0.25, -0.2) is 4.79 Å². The van der Waals surface area contributed by atoms with Gasteiger partial charge in [0, 0.05) is 12.0 Å². The van der Waals surface area contributed by atoms with Crippen molar-refractivity contribution in [3.05, 3.63) is 24.2 Å². The van der Waals surface area contributed by atoms with E-state index in [1.807, 2.05) is 0 Å². The van der Waals surface area contributed by atoms with Gasteiger partial charge in [-0.05, 0) is 39.8 Å². The molecule has 0 aliphatic heterocycles. The van der Waals surface area contributed by atoms with E-state index >= 15 is 0 Å². The maximum Gasteiger partial charge on any atom is 0.407 e. The average Bonchev–Trinajstić information content (AvgIpc) is 2.75. The third kappa shape index (κ3) is 5.34. The first-order chi connectivity index (χ1) is 9.19. The summed E-state index contributed by atoms with van der Waals surface area (Å²) in [6, 6.07) is 2.96. The summed E-state index contributed by atoms with van der Waals surface area (Å²) in [5, 5.41) is 11.6. The van der Waals surface area contributed by atoms with Gasteiger partial charge in [-0.2, -0.15) is 0 Å². The summed E-state index contributed by atoms with van der Waals surface area (Å²) in [6.45, 7) is 7.01. The molecule has 1 aromatic rings. The first kappa shape index (κ1) is 16.1. The summed E-state index contributed by atoms with van der Waals surface area (Å²) in [4.78, 5) is 22.7. The molecule has 0 bridgehead atoms. The van der Waals surface area contributed by atoms with E-state index in [1.165, 1.54) is 6.26 Å². The van der Waals surface area contributed by atoms with E-state index in [4.69, 9.17) is 14.3 Å². The number of hydrogen-bond acceptors (Lipinski definition) is 4. The van der Waals surface area contributed by atoms with Crippen molar-refractivity contribution >= 4 is 12.1 Å². The van der Waals surface area contributed by atoms with Crippen molar-refractivity contribution in [2.75, 3.05) is 0 Å². The zero-order valence-electron chi connectivity index (χ0n) is 12.2. The van der Waals surface area contributed by atoms with E-state index in [1.54, 1.807) is 39.8 Å². The van der Waals surface area contributed by atoms with Crippen LogP contribution in [0.25, 0.3) is 0 Å². The van der Waals surface area contributed by atoms with Gasteiger partial charge in [0.1, 0.15) is 11.4 Å². The fourth-order valence-electron chi connectivity index (χ4n) is 1.81. The lowest BCUT2D eigenvalue weighted by Gasteiger charge is -2.25. The molecule has 0 aromatic carbocycles. The van der Waals surface area contributed by atoms with Crippen molar-refractivity contribution in [2.45, 2.75) is 51.7 Å². The Morgan fingerprint density at radius 1 is 1.45 bits per heavy atom. The smallest absolute Gasteiger partial charge is 0.407 e. The predicted molar refractivity (Wildman–Crippen MR) is 72.5 cm³/mol. The Kier molecular flexibility index (Phi) is 5.19. The zero-order valence-corrected chi connectivity index (χ0v) is 12.2. The molecule has 0 aliphatic rings. The topological polar surface area (TPSA) is 88.8 Å². The van der Waals surface area contributed by atoms with Gasteiger partial charge in [0.2, 0.25) is 0 Å². The highest BCUT2D eigenvalue weighted by atomic mass is 16.6. The van der Waals surface area contributed by atoms with Crippen LogP contribution in [0.15, 0.2) is 22.8 Å². The molecule has 1 aromatic heterocycles. The number of carboxylic acid groups (broad SMARTS) is 1. The van der Waals surface area contributed by atoms with E-state index < -0.39 is 29.6 Å². The molecular formula is C14H21NO5. The highest BCUT2D eigenvalue weighted by Gasteiger charge is 2.27. The van der Waals surface area contributed by atoms with Crippen LogP contribution in [0.1, 0.15) is 45.8 Å². The van der Waals surface area contributed by atoms with Crippen molar-refractivity contribution in [3.8, 4) is 0 Å². The maximum absolute atomic E-state index is 11.7. The Hall–Kier alpha value is -1.98. The van der Waals surface area contributed by atoms with Crippen molar-refractivity contribution in [3.63, 3.8) is 0 Å². The third-order valence-electron chi connectivity index (χ3n) is 2.65. The SMILES string of the molecule is C[C@H](NC(=O)OC(C)(C)C)[C@H](CC(=O)O)c1ccco1. The molecule has 0 spiro atoms. The van der Waals surface area contributed by atoms with Crippen molar-refractivity contribution in [1.29, 1.82) is 0 Å². The van der Waals surface area contributed by atoms with Gasteiger partial charge < -0.3 is 19.6 Å². The third-order valence-corrected chi connectivity index (χ3v) is 2.65. The van der Waals surface area contributed by atoms with Gasteiger partial charge in [-0.15, -0.1) is 0 Å². The van der Waals surface area contributed by atoms with Crippen LogP contribution in [-0.2, 0) is 9.53 Å². The number of amides is 1. The molecule has 2 atom stereocenters. The fraction of sp³-hybridized carbons (Fsp3) is 0.571. The molecule has 112 valence electrons. The Balaban J connectivity index is 2.71. The lowest BCUT2D eigenvalue weighted by atomic mass is 9.95. The molecule has 0 fully saturated rings. The number of hydrogen-bond donors (Lipinski definition) is 2. The molecule has 0 aliphatic carbocycles. The fourth-order valence-corrected chi connectivity index (χ4v) is 1.81. The minimum atomic E-state index is -0.954. The minimum absolute atomic E-state index is 0.134. The first-order valence-corrected chi connectivity index (χ1v) is 6.44. The summed E-state index contributed by atoms with van der Waals surface area (Å²) in [7, 11) is 0. The van der Waals surface area contributed by atoms with Gasteiger partial charge in [0.05, 0.1) is 12.7 Å². The summed E-state index contributed by atoms with van der Waals surface area (Å²) in [6.07, 6.45) is 0.765. The molecule has 0 saturated carbocycles. The monoisotopic (exact) mass is 283 g/mol. The van der Waals surface area contributed by atoms with Gasteiger partial charge in [0.15, 0.2) is 0 Å². The van der Waals surface area contributed by atoms with Crippen LogP contribution < -0.4 is 5.32 Å². The van der Waals surface area contributed by atoms with Crippen LogP contribution >= 0.6 is 0 Å². The van der Waals surface area contributed by atoms with Crippen LogP contribution in [0.2, 0.25) is 0 Å². The molecule has 1 heterocycles. The van der Waals surface area contributed by atoms with Crippen molar-refractivity contribution in [2.24, 2.45) is 0 Å². The molecular weight excluding hydrogens is 262 g/mol. The Morgan fingerprint density at radius 3 is 2.55 bits per heavy atom. The molecule has 0 unspecified atom stereocenters. The van der Waals surface area contributed by atoms with Crippen LogP contribution in [0.5, 0.6) is 0 Å². The number of ether oxygens (including phenoxy) is 1. The number of carbonyl (C=O) groups excluding carboxylic acids is 1. The number of carbonyl (C=O) groups is 2. The zero-order chi connectivity index (χ0) is 15.3.